The maximum atomic E-state index is 11.9. The Morgan fingerprint density at radius 1 is 1.32 bits per heavy atom. The summed E-state index contributed by atoms with van der Waals surface area (Å²) in [5, 5.41) is 3.25. The molecule has 0 aliphatic heterocycles. The van der Waals surface area contributed by atoms with Crippen LogP contribution in [0.4, 0.5) is 0 Å². The fourth-order valence-corrected chi connectivity index (χ4v) is 2.81. The first-order chi connectivity index (χ1) is 8.98. The molecule has 0 saturated heterocycles. The van der Waals surface area contributed by atoms with Crippen LogP contribution in [0.5, 0.6) is 0 Å². The van der Waals surface area contributed by atoms with Crippen LogP contribution in [0.2, 0.25) is 0 Å². The minimum absolute atomic E-state index is 0.211. The van der Waals surface area contributed by atoms with Gasteiger partial charge in [-0.15, -0.1) is 0 Å². The van der Waals surface area contributed by atoms with E-state index in [9.17, 15) is 4.79 Å². The Hall–Kier alpha value is -0.610. The Balaban J connectivity index is 2.41. The van der Waals surface area contributed by atoms with Gasteiger partial charge in [0.15, 0.2) is 0 Å². The Morgan fingerprint density at radius 2 is 1.95 bits per heavy atom. The molecule has 0 bridgehead atoms. The number of carbonyl (C=O) groups excluding carboxylic acids is 1. The van der Waals surface area contributed by atoms with Crippen molar-refractivity contribution < 1.29 is 14.3 Å². The summed E-state index contributed by atoms with van der Waals surface area (Å²) in [6.45, 7) is 7.01. The first-order valence-corrected chi connectivity index (χ1v) is 7.42. The van der Waals surface area contributed by atoms with Crippen molar-refractivity contribution in [3.8, 4) is 0 Å². The van der Waals surface area contributed by atoms with Gasteiger partial charge in [-0.1, -0.05) is 19.3 Å². The van der Waals surface area contributed by atoms with Crippen molar-refractivity contribution in [1.82, 2.24) is 5.32 Å². The Morgan fingerprint density at radius 3 is 2.47 bits per heavy atom. The summed E-state index contributed by atoms with van der Waals surface area (Å²) in [5.74, 6) is 0.402. The second-order valence-electron chi connectivity index (χ2n) is 6.14. The normalized spacial score (nSPS) is 20.3. The second kappa shape index (κ2) is 7.85. The highest BCUT2D eigenvalue weighted by atomic mass is 16.5. The molecule has 1 rings (SSSR count). The average molecular weight is 271 g/mol. The number of nitrogens with one attached hydrogen (secondary N) is 1. The number of hydrogen-bond acceptors (Lipinski definition) is 4. The molecule has 1 unspecified atom stereocenters. The molecule has 0 radical (unpaired) electrons. The molecule has 1 N–H and O–H groups in total. The van der Waals surface area contributed by atoms with Gasteiger partial charge in [-0.25, -0.2) is 4.79 Å². The first-order valence-electron chi connectivity index (χ1n) is 7.42. The number of rotatable bonds is 7. The van der Waals surface area contributed by atoms with E-state index in [4.69, 9.17) is 9.47 Å². The summed E-state index contributed by atoms with van der Waals surface area (Å²) in [5.41, 5.74) is -0.752. The SMILES string of the molecule is COC(=O)C(C)(COCC1CCCCC1)NC(C)C. The second-order valence-corrected chi connectivity index (χ2v) is 6.14. The van der Waals surface area contributed by atoms with Crippen molar-refractivity contribution in [1.29, 1.82) is 0 Å². The van der Waals surface area contributed by atoms with Gasteiger partial charge in [0.05, 0.1) is 13.7 Å². The van der Waals surface area contributed by atoms with E-state index < -0.39 is 5.54 Å². The Labute approximate surface area is 117 Å². The van der Waals surface area contributed by atoms with Crippen molar-refractivity contribution in [2.75, 3.05) is 20.3 Å². The summed E-state index contributed by atoms with van der Waals surface area (Å²) in [6.07, 6.45) is 6.49. The zero-order valence-corrected chi connectivity index (χ0v) is 12.8. The van der Waals surface area contributed by atoms with Gasteiger partial charge >= 0.3 is 5.97 Å². The van der Waals surface area contributed by atoms with E-state index >= 15 is 0 Å². The van der Waals surface area contributed by atoms with Gasteiger partial charge in [0, 0.05) is 12.6 Å². The highest BCUT2D eigenvalue weighted by Gasteiger charge is 2.35. The summed E-state index contributed by atoms with van der Waals surface area (Å²) < 4.78 is 10.7. The van der Waals surface area contributed by atoms with Crippen LogP contribution in [0.1, 0.15) is 52.9 Å². The van der Waals surface area contributed by atoms with Crippen molar-refractivity contribution in [2.45, 2.75) is 64.5 Å². The van der Waals surface area contributed by atoms with Crippen LogP contribution in [0, 0.1) is 5.92 Å². The third kappa shape index (κ3) is 5.49. The molecule has 0 aromatic heterocycles. The fourth-order valence-electron chi connectivity index (χ4n) is 2.81. The van der Waals surface area contributed by atoms with E-state index in [1.54, 1.807) is 0 Å². The van der Waals surface area contributed by atoms with Crippen LogP contribution in [-0.4, -0.2) is 37.9 Å². The molecule has 112 valence electrons. The maximum absolute atomic E-state index is 11.9. The predicted molar refractivity (Wildman–Crippen MR) is 76.1 cm³/mol. The standard InChI is InChI=1S/C15H29NO3/c1-12(2)16-15(3,14(17)18-4)11-19-10-13-8-6-5-7-9-13/h12-13,16H,5-11H2,1-4H3. The molecule has 1 saturated carbocycles. The molecule has 1 aliphatic carbocycles. The molecule has 1 fully saturated rings. The number of esters is 1. The van der Waals surface area contributed by atoms with E-state index in [0.29, 0.717) is 12.5 Å². The highest BCUT2D eigenvalue weighted by Crippen LogP contribution is 2.24. The largest absolute Gasteiger partial charge is 0.468 e. The lowest BCUT2D eigenvalue weighted by Gasteiger charge is -2.31. The third-order valence-electron chi connectivity index (χ3n) is 3.71. The summed E-state index contributed by atoms with van der Waals surface area (Å²) in [7, 11) is 1.42. The van der Waals surface area contributed by atoms with E-state index in [0.717, 1.165) is 6.61 Å². The minimum atomic E-state index is -0.752. The number of carbonyl (C=O) groups is 1. The molecular formula is C15H29NO3. The van der Waals surface area contributed by atoms with E-state index in [1.165, 1.54) is 39.2 Å². The molecule has 1 aliphatic rings. The molecule has 0 aromatic rings. The lowest BCUT2D eigenvalue weighted by Crippen LogP contribution is -2.56. The summed E-state index contributed by atoms with van der Waals surface area (Å²) in [6, 6.07) is 0.211. The number of ether oxygens (including phenoxy) is 2. The molecular weight excluding hydrogens is 242 g/mol. The molecule has 19 heavy (non-hydrogen) atoms. The minimum Gasteiger partial charge on any atom is -0.468 e. The summed E-state index contributed by atoms with van der Waals surface area (Å²) in [4.78, 5) is 11.9. The molecule has 0 heterocycles. The highest BCUT2D eigenvalue weighted by molar-refractivity contribution is 5.80. The summed E-state index contributed by atoms with van der Waals surface area (Å²) >= 11 is 0. The first kappa shape index (κ1) is 16.4. The van der Waals surface area contributed by atoms with Crippen molar-refractivity contribution in [3.63, 3.8) is 0 Å². The van der Waals surface area contributed by atoms with E-state index in [1.807, 2.05) is 20.8 Å². The molecule has 4 nitrogen and oxygen atoms in total. The number of hydrogen-bond donors (Lipinski definition) is 1. The van der Waals surface area contributed by atoms with Gasteiger partial charge in [-0.05, 0) is 39.5 Å². The van der Waals surface area contributed by atoms with Crippen molar-refractivity contribution in [2.24, 2.45) is 5.92 Å². The van der Waals surface area contributed by atoms with Gasteiger partial charge in [0.2, 0.25) is 0 Å². The van der Waals surface area contributed by atoms with Crippen LogP contribution in [-0.2, 0) is 14.3 Å². The number of methoxy groups -OCH3 is 1. The molecule has 0 amide bonds. The Bertz CT molecular complexity index is 275. The van der Waals surface area contributed by atoms with Crippen LogP contribution < -0.4 is 5.32 Å². The van der Waals surface area contributed by atoms with Gasteiger partial charge in [-0.2, -0.15) is 0 Å². The zero-order chi connectivity index (χ0) is 14.3. The topological polar surface area (TPSA) is 47.6 Å². The lowest BCUT2D eigenvalue weighted by molar-refractivity contribution is -0.151. The fraction of sp³-hybridized carbons (Fsp3) is 0.933. The van der Waals surface area contributed by atoms with E-state index in [2.05, 4.69) is 5.32 Å². The average Bonchev–Trinajstić information content (AvgIpc) is 2.38. The van der Waals surface area contributed by atoms with Gasteiger partial charge in [-0.3, -0.25) is 5.32 Å². The molecule has 0 spiro atoms. The predicted octanol–water partition coefficient (Wildman–Crippen LogP) is 2.51. The monoisotopic (exact) mass is 271 g/mol. The molecule has 4 heteroatoms. The molecule has 0 aromatic carbocycles. The van der Waals surface area contributed by atoms with Gasteiger partial charge in [0.25, 0.3) is 0 Å². The van der Waals surface area contributed by atoms with Crippen LogP contribution in [0.25, 0.3) is 0 Å². The third-order valence-corrected chi connectivity index (χ3v) is 3.71. The van der Waals surface area contributed by atoms with Gasteiger partial charge < -0.3 is 9.47 Å². The smallest absolute Gasteiger partial charge is 0.328 e. The maximum Gasteiger partial charge on any atom is 0.328 e. The molecule has 1 atom stereocenters. The van der Waals surface area contributed by atoms with Gasteiger partial charge in [0.1, 0.15) is 5.54 Å². The van der Waals surface area contributed by atoms with Crippen LogP contribution in [0.15, 0.2) is 0 Å². The quantitative estimate of drug-likeness (QED) is 0.723. The Kier molecular flexibility index (Phi) is 6.80. The zero-order valence-electron chi connectivity index (χ0n) is 12.8. The lowest BCUT2D eigenvalue weighted by atomic mass is 9.90. The van der Waals surface area contributed by atoms with Crippen molar-refractivity contribution >= 4 is 5.97 Å². The van der Waals surface area contributed by atoms with Crippen LogP contribution >= 0.6 is 0 Å². The van der Waals surface area contributed by atoms with E-state index in [-0.39, 0.29) is 12.0 Å². The van der Waals surface area contributed by atoms with Crippen LogP contribution in [0.3, 0.4) is 0 Å². The van der Waals surface area contributed by atoms with Crippen molar-refractivity contribution in [3.05, 3.63) is 0 Å².